The molecule has 0 aliphatic rings. The molecule has 224 valence electrons. The predicted molar refractivity (Wildman–Crippen MR) is 164 cm³/mol. The van der Waals surface area contributed by atoms with Crippen LogP contribution in [0.3, 0.4) is 0 Å². The molecule has 0 saturated carbocycles. The number of nitrogens with zero attached hydrogens (tertiary/aromatic N) is 3. The first kappa shape index (κ1) is 32.8. The molecule has 10 nitrogen and oxygen atoms in total. The topological polar surface area (TPSA) is 130 Å². The molecule has 0 aliphatic carbocycles. The monoisotopic (exact) mass is 634 g/mol. The molecule has 0 spiro atoms. The Morgan fingerprint density at radius 2 is 1.64 bits per heavy atom. The number of carbonyl (C=O) groups excluding carboxylic acids is 2. The van der Waals surface area contributed by atoms with E-state index in [1.807, 2.05) is 44.2 Å². The number of nitro groups is 1. The van der Waals surface area contributed by atoms with Crippen LogP contribution < -0.4 is 9.62 Å². The molecule has 0 fully saturated rings. The summed E-state index contributed by atoms with van der Waals surface area (Å²) in [5.74, 6) is -0.971. The summed E-state index contributed by atoms with van der Waals surface area (Å²) in [6.45, 7) is 3.45. The van der Waals surface area contributed by atoms with Gasteiger partial charge in [0.2, 0.25) is 21.8 Å². The molecule has 0 bridgehead atoms. The van der Waals surface area contributed by atoms with Gasteiger partial charge in [-0.25, -0.2) is 8.42 Å². The maximum Gasteiger partial charge on any atom is 0.271 e. The largest absolute Gasteiger partial charge is 0.354 e. The normalized spacial score (nSPS) is 12.0. The second-order valence-corrected chi connectivity index (χ2v) is 12.9. The molecule has 0 heterocycles. The van der Waals surface area contributed by atoms with Crippen molar-refractivity contribution in [3.63, 3.8) is 0 Å². The second-order valence-electron chi connectivity index (χ2n) is 10.2. The number of sulfonamides is 1. The number of nitrogens with one attached hydrogen (secondary N) is 1. The van der Waals surface area contributed by atoms with E-state index in [4.69, 9.17) is 23.2 Å². The molecule has 0 saturated heterocycles. The van der Waals surface area contributed by atoms with Gasteiger partial charge in [-0.2, -0.15) is 0 Å². The van der Waals surface area contributed by atoms with E-state index in [1.165, 1.54) is 23.1 Å². The van der Waals surface area contributed by atoms with E-state index in [9.17, 15) is 28.1 Å². The van der Waals surface area contributed by atoms with E-state index in [0.717, 1.165) is 22.2 Å². The van der Waals surface area contributed by atoms with Gasteiger partial charge >= 0.3 is 0 Å². The van der Waals surface area contributed by atoms with E-state index >= 15 is 0 Å². The van der Waals surface area contributed by atoms with Gasteiger partial charge in [0.05, 0.1) is 26.9 Å². The van der Waals surface area contributed by atoms with Gasteiger partial charge in [-0.3, -0.25) is 24.0 Å². The Bertz CT molecular complexity index is 1540. The smallest absolute Gasteiger partial charge is 0.271 e. The second kappa shape index (κ2) is 14.5. The first-order valence-electron chi connectivity index (χ1n) is 13.0. The molecule has 2 amide bonds. The van der Waals surface area contributed by atoms with Crippen LogP contribution in [0.1, 0.15) is 25.0 Å². The average Bonchev–Trinajstić information content (AvgIpc) is 2.94. The molecule has 13 heteroatoms. The van der Waals surface area contributed by atoms with Crippen molar-refractivity contribution in [3.8, 4) is 0 Å². The fraction of sp³-hybridized carbons (Fsp3) is 0.310. The fourth-order valence-electron chi connectivity index (χ4n) is 4.19. The molecular formula is C29H32Cl2N4O6S. The zero-order chi connectivity index (χ0) is 31.0. The number of rotatable bonds is 13. The Kier molecular flexibility index (Phi) is 11.3. The number of hydrogen-bond donors (Lipinski definition) is 1. The Balaban J connectivity index is 2.08. The van der Waals surface area contributed by atoms with Gasteiger partial charge in [0, 0.05) is 31.6 Å². The Labute approximate surface area is 255 Å². The van der Waals surface area contributed by atoms with Crippen LogP contribution in [0.5, 0.6) is 0 Å². The number of benzene rings is 3. The summed E-state index contributed by atoms with van der Waals surface area (Å²) >= 11 is 12.3. The standard InChI is InChI=1S/C29H32Cl2N4O6S/c1-20(2)17-32-29(37)27(15-21-8-5-4-6-9-21)33(18-22-12-13-25(30)26(31)14-22)28(36)19-34(42(3,40)41)23-10-7-11-24(16-23)35(38)39/h4-14,16,20,27H,15,17-19H2,1-3H3,(H,32,37)/t27-/m0/s1. The van der Waals surface area contributed by atoms with Crippen LogP contribution in [0.25, 0.3) is 0 Å². The Morgan fingerprint density at radius 3 is 2.24 bits per heavy atom. The minimum atomic E-state index is -4.08. The van der Waals surface area contributed by atoms with Crippen LogP contribution in [0.15, 0.2) is 72.8 Å². The molecular weight excluding hydrogens is 603 g/mol. The van der Waals surface area contributed by atoms with Crippen LogP contribution in [-0.2, 0) is 32.6 Å². The number of halogens is 2. The third kappa shape index (κ3) is 9.17. The number of hydrogen-bond acceptors (Lipinski definition) is 6. The van der Waals surface area contributed by atoms with E-state index in [1.54, 1.807) is 18.2 Å². The van der Waals surface area contributed by atoms with Gasteiger partial charge in [0.1, 0.15) is 12.6 Å². The fourth-order valence-corrected chi connectivity index (χ4v) is 5.35. The van der Waals surface area contributed by atoms with Crippen molar-refractivity contribution in [1.29, 1.82) is 0 Å². The molecule has 0 aliphatic heterocycles. The minimum absolute atomic E-state index is 0.0570. The summed E-state index contributed by atoms with van der Waals surface area (Å²) in [4.78, 5) is 39.7. The average molecular weight is 636 g/mol. The van der Waals surface area contributed by atoms with Crippen LogP contribution in [0.2, 0.25) is 10.0 Å². The highest BCUT2D eigenvalue weighted by Gasteiger charge is 2.33. The van der Waals surface area contributed by atoms with Gasteiger partial charge in [-0.05, 0) is 35.2 Å². The van der Waals surface area contributed by atoms with Gasteiger partial charge in [0.15, 0.2) is 0 Å². The maximum absolute atomic E-state index is 14.1. The molecule has 0 aromatic heterocycles. The first-order chi connectivity index (χ1) is 19.8. The lowest BCUT2D eigenvalue weighted by Gasteiger charge is -2.33. The highest BCUT2D eigenvalue weighted by Crippen LogP contribution is 2.26. The lowest BCUT2D eigenvalue weighted by Crippen LogP contribution is -2.53. The highest BCUT2D eigenvalue weighted by molar-refractivity contribution is 7.92. The molecule has 3 aromatic carbocycles. The number of non-ortho nitro benzene ring substituents is 1. The molecule has 1 N–H and O–H groups in total. The molecule has 3 rings (SSSR count). The van der Waals surface area contributed by atoms with Gasteiger partial charge in [0.25, 0.3) is 5.69 Å². The Hall–Kier alpha value is -3.67. The summed E-state index contributed by atoms with van der Waals surface area (Å²) in [5, 5.41) is 14.8. The van der Waals surface area contributed by atoms with Gasteiger partial charge in [-0.15, -0.1) is 0 Å². The zero-order valence-corrected chi connectivity index (χ0v) is 25.7. The van der Waals surface area contributed by atoms with Crippen molar-refractivity contribution >= 4 is 56.4 Å². The molecule has 0 unspecified atom stereocenters. The number of anilines is 1. The van der Waals surface area contributed by atoms with Crippen molar-refractivity contribution in [2.75, 3.05) is 23.7 Å². The van der Waals surface area contributed by atoms with Crippen molar-refractivity contribution < 1.29 is 22.9 Å². The van der Waals surface area contributed by atoms with Crippen LogP contribution in [0, 0.1) is 16.0 Å². The van der Waals surface area contributed by atoms with Gasteiger partial charge < -0.3 is 10.2 Å². The highest BCUT2D eigenvalue weighted by atomic mass is 35.5. The van der Waals surface area contributed by atoms with Crippen LogP contribution in [0.4, 0.5) is 11.4 Å². The number of amides is 2. The van der Waals surface area contributed by atoms with Crippen LogP contribution >= 0.6 is 23.2 Å². The third-order valence-corrected chi connectivity index (χ3v) is 8.18. The minimum Gasteiger partial charge on any atom is -0.354 e. The summed E-state index contributed by atoms with van der Waals surface area (Å²) in [6, 6.07) is 17.9. The summed E-state index contributed by atoms with van der Waals surface area (Å²) in [7, 11) is -4.08. The lowest BCUT2D eigenvalue weighted by molar-refractivity contribution is -0.384. The summed E-state index contributed by atoms with van der Waals surface area (Å²) in [6.07, 6.45) is 1.05. The van der Waals surface area contributed by atoms with E-state index in [2.05, 4.69) is 5.32 Å². The van der Waals surface area contributed by atoms with Crippen molar-refractivity contribution in [1.82, 2.24) is 10.2 Å². The molecule has 1 atom stereocenters. The summed E-state index contributed by atoms with van der Waals surface area (Å²) in [5.41, 5.74) is 0.955. The first-order valence-corrected chi connectivity index (χ1v) is 15.6. The van der Waals surface area contributed by atoms with E-state index < -0.39 is 39.3 Å². The van der Waals surface area contributed by atoms with Crippen molar-refractivity contribution in [2.45, 2.75) is 32.9 Å². The molecule has 0 radical (unpaired) electrons. The van der Waals surface area contributed by atoms with E-state index in [0.29, 0.717) is 17.1 Å². The van der Waals surface area contributed by atoms with Crippen molar-refractivity contribution in [2.24, 2.45) is 5.92 Å². The predicted octanol–water partition coefficient (Wildman–Crippen LogP) is 5.08. The number of carbonyl (C=O) groups is 2. The third-order valence-electron chi connectivity index (χ3n) is 6.30. The molecule has 42 heavy (non-hydrogen) atoms. The van der Waals surface area contributed by atoms with Gasteiger partial charge in [-0.1, -0.05) is 79.5 Å². The van der Waals surface area contributed by atoms with Crippen molar-refractivity contribution in [3.05, 3.63) is 104 Å². The quantitative estimate of drug-likeness (QED) is 0.206. The Morgan fingerprint density at radius 1 is 0.952 bits per heavy atom. The SMILES string of the molecule is CC(C)CNC(=O)[C@H](Cc1ccccc1)N(Cc1ccc(Cl)c(Cl)c1)C(=O)CN(c1cccc([N+](=O)[O-])c1)S(C)(=O)=O. The summed E-state index contributed by atoms with van der Waals surface area (Å²) < 4.78 is 26.5. The van der Waals surface area contributed by atoms with Crippen LogP contribution in [-0.4, -0.2) is 55.4 Å². The number of nitro benzene ring substituents is 1. The zero-order valence-electron chi connectivity index (χ0n) is 23.4. The maximum atomic E-state index is 14.1. The van der Waals surface area contributed by atoms with E-state index in [-0.39, 0.29) is 35.3 Å². The molecule has 3 aromatic rings. The lowest BCUT2D eigenvalue weighted by atomic mass is 10.0.